The van der Waals surface area contributed by atoms with Gasteiger partial charge in [0.2, 0.25) is 0 Å². The second-order valence-corrected chi connectivity index (χ2v) is 4.13. The molecule has 2 aromatic rings. The van der Waals surface area contributed by atoms with Crippen molar-refractivity contribution in [1.82, 2.24) is 9.55 Å². The number of benzene rings is 1. The third-order valence-electron chi connectivity index (χ3n) is 2.68. The molecule has 0 N–H and O–H groups in total. The van der Waals surface area contributed by atoms with E-state index in [0.717, 1.165) is 5.82 Å². The second-order valence-electron chi connectivity index (χ2n) is 4.13. The summed E-state index contributed by atoms with van der Waals surface area (Å²) in [5.41, 5.74) is 1.13. The maximum absolute atomic E-state index is 12.1. The molecule has 0 radical (unpaired) electrons. The van der Waals surface area contributed by atoms with Gasteiger partial charge < -0.3 is 9.30 Å². The molecule has 1 aromatic heterocycles. The van der Waals surface area contributed by atoms with Gasteiger partial charge >= 0.3 is 6.36 Å². The van der Waals surface area contributed by atoms with Crippen LogP contribution in [0.15, 0.2) is 41.7 Å². The van der Waals surface area contributed by atoms with Crippen LogP contribution in [0.5, 0.6) is 5.75 Å². The third-order valence-corrected chi connectivity index (χ3v) is 2.68. The van der Waals surface area contributed by atoms with Crippen molar-refractivity contribution in [3.63, 3.8) is 0 Å². The Kier molecular flexibility index (Phi) is 4.11. The van der Waals surface area contributed by atoms with Crippen LogP contribution in [0.25, 0.3) is 11.9 Å². The highest BCUT2D eigenvalue weighted by Crippen LogP contribution is 2.25. The normalized spacial score (nSPS) is 12.3. The highest BCUT2D eigenvalue weighted by molar-refractivity contribution is 5.77. The Labute approximate surface area is 119 Å². The number of alkyl halides is 3. The van der Waals surface area contributed by atoms with Gasteiger partial charge in [0.05, 0.1) is 5.70 Å². The summed E-state index contributed by atoms with van der Waals surface area (Å²) in [5.74, 6) is 0.474. The Balaban J connectivity index is 2.26. The molecule has 0 amide bonds. The summed E-state index contributed by atoms with van der Waals surface area (Å²) >= 11 is 0. The van der Waals surface area contributed by atoms with Crippen LogP contribution in [0.4, 0.5) is 13.2 Å². The molecule has 0 aliphatic rings. The maximum Gasteiger partial charge on any atom is 0.573 e. The van der Waals surface area contributed by atoms with E-state index in [1.165, 1.54) is 24.3 Å². The summed E-state index contributed by atoms with van der Waals surface area (Å²) in [7, 11) is 0. The Hall–Kier alpha value is -2.57. The smallest absolute Gasteiger partial charge is 0.406 e. The minimum Gasteiger partial charge on any atom is -0.406 e. The Morgan fingerprint density at radius 1 is 1.33 bits per heavy atom. The van der Waals surface area contributed by atoms with Crippen LogP contribution in [-0.2, 0) is 0 Å². The Morgan fingerprint density at radius 3 is 2.48 bits per heavy atom. The van der Waals surface area contributed by atoms with Crippen LogP contribution >= 0.6 is 0 Å². The van der Waals surface area contributed by atoms with E-state index in [0.29, 0.717) is 11.3 Å². The van der Waals surface area contributed by atoms with Crippen molar-refractivity contribution in [2.45, 2.75) is 13.3 Å². The van der Waals surface area contributed by atoms with Crippen LogP contribution in [0.2, 0.25) is 0 Å². The van der Waals surface area contributed by atoms with Crippen molar-refractivity contribution in [2.75, 3.05) is 0 Å². The lowest BCUT2D eigenvalue weighted by atomic mass is 10.1. The molecule has 0 aliphatic heterocycles. The fourth-order valence-electron chi connectivity index (χ4n) is 1.69. The molecule has 2 rings (SSSR count). The molecule has 7 heteroatoms. The van der Waals surface area contributed by atoms with Gasteiger partial charge in [-0.3, -0.25) is 4.99 Å². The van der Waals surface area contributed by atoms with Crippen LogP contribution < -0.4 is 4.74 Å². The van der Waals surface area contributed by atoms with E-state index in [-0.39, 0.29) is 5.75 Å². The first-order valence-corrected chi connectivity index (χ1v) is 5.93. The number of halogens is 3. The van der Waals surface area contributed by atoms with E-state index < -0.39 is 6.36 Å². The first-order valence-electron chi connectivity index (χ1n) is 5.93. The van der Waals surface area contributed by atoms with E-state index in [2.05, 4.69) is 21.4 Å². The average molecular weight is 295 g/mol. The number of hydrogen-bond donors (Lipinski definition) is 0. The lowest BCUT2D eigenvalue weighted by Crippen LogP contribution is -2.16. The minimum atomic E-state index is -4.70. The van der Waals surface area contributed by atoms with Gasteiger partial charge in [0.15, 0.2) is 0 Å². The molecule has 1 aromatic carbocycles. The quantitative estimate of drug-likeness (QED) is 0.806. The van der Waals surface area contributed by atoms with Crippen molar-refractivity contribution in [3.8, 4) is 5.75 Å². The fraction of sp³-hybridized carbons (Fsp3) is 0.143. The lowest BCUT2D eigenvalue weighted by Gasteiger charge is -2.09. The second kappa shape index (κ2) is 5.82. The van der Waals surface area contributed by atoms with Gasteiger partial charge in [-0.2, -0.15) is 0 Å². The standard InChI is InChI=1S/C14H12F3N3O/c1-10-19-7-8-20(10)9-13(18-2)11-3-5-12(6-4-11)21-14(15,16)17/h3-9H,2H2,1H3/b13-9-. The first kappa shape index (κ1) is 14.8. The van der Waals surface area contributed by atoms with Gasteiger partial charge in [-0.05, 0) is 37.9 Å². The summed E-state index contributed by atoms with van der Waals surface area (Å²) in [6.07, 6.45) is 0.355. The fourth-order valence-corrected chi connectivity index (χ4v) is 1.69. The average Bonchev–Trinajstić information content (AvgIpc) is 2.81. The molecule has 21 heavy (non-hydrogen) atoms. The molecule has 0 atom stereocenters. The van der Waals surface area contributed by atoms with E-state index in [1.807, 2.05) is 6.92 Å². The van der Waals surface area contributed by atoms with E-state index in [1.54, 1.807) is 23.2 Å². The largest absolute Gasteiger partial charge is 0.573 e. The number of nitrogens with zero attached hydrogens (tertiary/aromatic N) is 3. The highest BCUT2D eigenvalue weighted by Gasteiger charge is 2.30. The number of rotatable bonds is 4. The van der Waals surface area contributed by atoms with Gasteiger partial charge in [-0.15, -0.1) is 13.2 Å². The van der Waals surface area contributed by atoms with Gasteiger partial charge in [0.25, 0.3) is 0 Å². The molecule has 0 fully saturated rings. The maximum atomic E-state index is 12.1. The van der Waals surface area contributed by atoms with Crippen LogP contribution in [-0.4, -0.2) is 22.6 Å². The van der Waals surface area contributed by atoms with Crippen molar-refractivity contribution in [2.24, 2.45) is 4.99 Å². The number of aryl methyl sites for hydroxylation is 1. The minimum absolute atomic E-state index is 0.284. The van der Waals surface area contributed by atoms with Crippen molar-refractivity contribution in [1.29, 1.82) is 0 Å². The SMILES string of the molecule is C=N/C(=C\n1ccnc1C)c1ccc(OC(F)(F)F)cc1. The van der Waals surface area contributed by atoms with Gasteiger partial charge in [-0.25, -0.2) is 4.98 Å². The number of hydrogen-bond acceptors (Lipinski definition) is 3. The van der Waals surface area contributed by atoms with Crippen LogP contribution in [0.1, 0.15) is 11.4 Å². The molecule has 0 saturated heterocycles. The summed E-state index contributed by atoms with van der Waals surface area (Å²) in [5, 5.41) is 0. The molecular weight excluding hydrogens is 283 g/mol. The highest BCUT2D eigenvalue weighted by atomic mass is 19.4. The van der Waals surface area contributed by atoms with E-state index in [4.69, 9.17) is 0 Å². The van der Waals surface area contributed by atoms with E-state index in [9.17, 15) is 13.2 Å². The van der Waals surface area contributed by atoms with E-state index >= 15 is 0 Å². The molecule has 110 valence electrons. The van der Waals surface area contributed by atoms with Gasteiger partial charge in [-0.1, -0.05) is 0 Å². The topological polar surface area (TPSA) is 39.4 Å². The Morgan fingerprint density at radius 2 is 2.00 bits per heavy atom. The predicted molar refractivity (Wildman–Crippen MR) is 73.8 cm³/mol. The molecule has 4 nitrogen and oxygen atoms in total. The zero-order chi connectivity index (χ0) is 15.5. The van der Waals surface area contributed by atoms with Gasteiger partial charge in [0, 0.05) is 24.2 Å². The summed E-state index contributed by atoms with van der Waals surface area (Å²) in [6, 6.07) is 5.41. The lowest BCUT2D eigenvalue weighted by molar-refractivity contribution is -0.274. The monoisotopic (exact) mass is 295 g/mol. The third kappa shape index (κ3) is 3.95. The first-order chi connectivity index (χ1) is 9.89. The van der Waals surface area contributed by atoms with Crippen molar-refractivity contribution >= 4 is 18.6 Å². The van der Waals surface area contributed by atoms with Crippen molar-refractivity contribution < 1.29 is 17.9 Å². The molecule has 0 spiro atoms. The Bertz CT molecular complexity index is 657. The van der Waals surface area contributed by atoms with Gasteiger partial charge in [0.1, 0.15) is 11.6 Å². The summed E-state index contributed by atoms with van der Waals surface area (Å²) in [4.78, 5) is 7.94. The number of aromatic nitrogens is 2. The molecule has 0 aliphatic carbocycles. The van der Waals surface area contributed by atoms with Crippen LogP contribution in [0, 0.1) is 6.92 Å². The predicted octanol–water partition coefficient (Wildman–Crippen LogP) is 3.75. The van der Waals surface area contributed by atoms with Crippen molar-refractivity contribution in [3.05, 3.63) is 48.0 Å². The number of ether oxygens (including phenoxy) is 1. The molecule has 0 unspecified atom stereocenters. The molecule has 0 saturated carbocycles. The zero-order valence-electron chi connectivity index (χ0n) is 11.1. The van der Waals surface area contributed by atoms with Crippen LogP contribution in [0.3, 0.4) is 0 Å². The summed E-state index contributed by atoms with van der Waals surface area (Å²) < 4.78 is 41.8. The zero-order valence-corrected chi connectivity index (χ0v) is 11.1. The molecule has 1 heterocycles. The number of imidazole rings is 1. The molecular formula is C14H12F3N3O. The molecule has 0 bridgehead atoms. The number of aliphatic imine (C=N–C) groups is 1. The summed E-state index contributed by atoms with van der Waals surface area (Å²) in [6.45, 7) is 5.28.